The van der Waals surface area contributed by atoms with Crippen molar-refractivity contribution in [3.63, 3.8) is 0 Å². The predicted octanol–water partition coefficient (Wildman–Crippen LogP) is 2.13. The Morgan fingerprint density at radius 3 is 3.05 bits per heavy atom. The van der Waals surface area contributed by atoms with Crippen LogP contribution in [0.25, 0.3) is 0 Å². The Morgan fingerprint density at radius 1 is 1.55 bits per heavy atom. The van der Waals surface area contributed by atoms with E-state index in [1.165, 1.54) is 6.42 Å². The van der Waals surface area contributed by atoms with Crippen LogP contribution in [0.1, 0.15) is 19.8 Å². The molecule has 120 valence electrons. The summed E-state index contributed by atoms with van der Waals surface area (Å²) < 4.78 is 0. The molecule has 2 fully saturated rings. The summed E-state index contributed by atoms with van der Waals surface area (Å²) in [5.74, 6) is 3.45. The van der Waals surface area contributed by atoms with Crippen LogP contribution in [0.15, 0.2) is 23.3 Å². The zero-order valence-electron chi connectivity index (χ0n) is 13.2. The number of hydrogen-bond acceptors (Lipinski definition) is 3. The highest BCUT2D eigenvalue weighted by molar-refractivity contribution is 6.32. The fourth-order valence-electron chi connectivity index (χ4n) is 2.98. The first kappa shape index (κ1) is 15.4. The van der Waals surface area contributed by atoms with Gasteiger partial charge in [-0.1, -0.05) is 18.5 Å². The van der Waals surface area contributed by atoms with Crippen molar-refractivity contribution >= 4 is 23.4 Å². The van der Waals surface area contributed by atoms with Gasteiger partial charge >= 0.3 is 0 Å². The number of guanidine groups is 1. The Morgan fingerprint density at radius 2 is 2.36 bits per heavy atom. The van der Waals surface area contributed by atoms with Gasteiger partial charge in [0.25, 0.3) is 0 Å². The Hall–Kier alpha value is -1.49. The van der Waals surface area contributed by atoms with E-state index in [1.807, 2.05) is 19.2 Å². The number of nitrogens with one attached hydrogen (secondary N) is 2. The predicted molar refractivity (Wildman–Crippen MR) is 91.6 cm³/mol. The molecule has 0 radical (unpaired) electrons. The van der Waals surface area contributed by atoms with Crippen molar-refractivity contribution < 1.29 is 0 Å². The fraction of sp³-hybridized carbons (Fsp3) is 0.625. The van der Waals surface area contributed by atoms with E-state index >= 15 is 0 Å². The molecule has 3 atom stereocenters. The van der Waals surface area contributed by atoms with E-state index in [0.29, 0.717) is 11.1 Å². The molecule has 6 heteroatoms. The van der Waals surface area contributed by atoms with Crippen molar-refractivity contribution in [2.75, 3.05) is 31.6 Å². The van der Waals surface area contributed by atoms with Gasteiger partial charge in [-0.2, -0.15) is 0 Å². The van der Waals surface area contributed by atoms with E-state index in [2.05, 4.69) is 32.4 Å². The number of anilines is 1. The van der Waals surface area contributed by atoms with Crippen LogP contribution >= 0.6 is 11.6 Å². The summed E-state index contributed by atoms with van der Waals surface area (Å²) in [6, 6.07) is 4.13. The Kier molecular flexibility index (Phi) is 4.71. The normalized spacial score (nSPS) is 27.9. The third kappa shape index (κ3) is 3.64. The van der Waals surface area contributed by atoms with E-state index in [9.17, 15) is 0 Å². The molecule has 1 aromatic heterocycles. The minimum atomic E-state index is 0.376. The zero-order chi connectivity index (χ0) is 15.5. The van der Waals surface area contributed by atoms with Crippen LogP contribution in [0.2, 0.25) is 5.02 Å². The molecule has 2 N–H and O–H groups in total. The summed E-state index contributed by atoms with van der Waals surface area (Å²) in [7, 11) is 1.83. The van der Waals surface area contributed by atoms with Gasteiger partial charge in [0, 0.05) is 38.9 Å². The number of hydrogen-bond donors (Lipinski definition) is 2. The maximum atomic E-state index is 6.23. The molecular weight excluding hydrogens is 298 g/mol. The van der Waals surface area contributed by atoms with Gasteiger partial charge in [-0.15, -0.1) is 0 Å². The molecule has 0 aromatic carbocycles. The third-order valence-electron chi connectivity index (χ3n) is 4.60. The van der Waals surface area contributed by atoms with E-state index in [1.54, 1.807) is 6.20 Å². The van der Waals surface area contributed by atoms with Gasteiger partial charge in [-0.3, -0.25) is 4.99 Å². The van der Waals surface area contributed by atoms with E-state index in [4.69, 9.17) is 11.6 Å². The molecule has 1 saturated heterocycles. The van der Waals surface area contributed by atoms with Crippen LogP contribution in [0, 0.1) is 11.8 Å². The van der Waals surface area contributed by atoms with Gasteiger partial charge < -0.3 is 15.5 Å². The average molecular weight is 322 g/mol. The molecule has 2 heterocycles. The lowest BCUT2D eigenvalue weighted by molar-refractivity contribution is 0.632. The zero-order valence-corrected chi connectivity index (χ0v) is 14.0. The summed E-state index contributed by atoms with van der Waals surface area (Å²) >= 11 is 6.23. The first-order valence-corrected chi connectivity index (χ1v) is 8.38. The van der Waals surface area contributed by atoms with Gasteiger partial charge in [-0.25, -0.2) is 4.98 Å². The highest BCUT2D eigenvalue weighted by Gasteiger charge is 2.32. The summed E-state index contributed by atoms with van der Waals surface area (Å²) in [5, 5.41) is 7.66. The topological polar surface area (TPSA) is 52.6 Å². The van der Waals surface area contributed by atoms with E-state index < -0.39 is 0 Å². The van der Waals surface area contributed by atoms with Crippen molar-refractivity contribution in [2.45, 2.75) is 25.8 Å². The fourth-order valence-corrected chi connectivity index (χ4v) is 3.22. The second-order valence-electron chi connectivity index (χ2n) is 6.31. The van der Waals surface area contributed by atoms with E-state index in [0.717, 1.165) is 49.7 Å². The summed E-state index contributed by atoms with van der Waals surface area (Å²) in [5.41, 5.74) is 0. The van der Waals surface area contributed by atoms with Crippen LogP contribution in [-0.2, 0) is 0 Å². The summed E-state index contributed by atoms with van der Waals surface area (Å²) in [6.07, 6.45) is 4.19. The van der Waals surface area contributed by atoms with Crippen molar-refractivity contribution in [1.82, 2.24) is 15.6 Å². The Balaban J connectivity index is 1.50. The molecule has 0 bridgehead atoms. The molecule has 1 aromatic rings. The molecule has 0 amide bonds. The molecule has 2 aliphatic rings. The number of halogens is 1. The lowest BCUT2D eigenvalue weighted by atomic mass is 10.3. The van der Waals surface area contributed by atoms with Crippen molar-refractivity contribution in [1.29, 1.82) is 0 Å². The minimum Gasteiger partial charge on any atom is -0.356 e. The lowest BCUT2D eigenvalue weighted by Crippen LogP contribution is -2.45. The highest BCUT2D eigenvalue weighted by atomic mass is 35.5. The van der Waals surface area contributed by atoms with Gasteiger partial charge in [0.1, 0.15) is 5.82 Å². The standard InChI is InChI=1S/C16H24ClN5/c1-11-8-12(11)9-20-16(18-2)21-13-5-7-22(10-13)15-14(17)4-3-6-19-15/h3-4,6,11-13H,5,7-10H2,1-2H3,(H2,18,20,21). The molecule has 22 heavy (non-hydrogen) atoms. The maximum absolute atomic E-state index is 6.23. The van der Waals surface area contributed by atoms with Crippen LogP contribution in [0.5, 0.6) is 0 Å². The molecule has 1 saturated carbocycles. The smallest absolute Gasteiger partial charge is 0.191 e. The van der Waals surface area contributed by atoms with Crippen LogP contribution in [0.4, 0.5) is 5.82 Å². The van der Waals surface area contributed by atoms with Crippen LogP contribution in [0.3, 0.4) is 0 Å². The quantitative estimate of drug-likeness (QED) is 0.659. The highest BCUT2D eigenvalue weighted by Crippen LogP contribution is 2.36. The third-order valence-corrected chi connectivity index (χ3v) is 4.89. The second-order valence-corrected chi connectivity index (χ2v) is 6.72. The van der Waals surface area contributed by atoms with Crippen molar-refractivity contribution in [2.24, 2.45) is 16.8 Å². The molecule has 1 aliphatic carbocycles. The van der Waals surface area contributed by atoms with Gasteiger partial charge in [0.2, 0.25) is 0 Å². The van der Waals surface area contributed by atoms with E-state index in [-0.39, 0.29) is 0 Å². The first-order chi connectivity index (χ1) is 10.7. The molecule has 1 aliphatic heterocycles. The molecule has 3 unspecified atom stereocenters. The monoisotopic (exact) mass is 321 g/mol. The average Bonchev–Trinajstić information content (AvgIpc) is 3.04. The molecule has 3 rings (SSSR count). The number of aromatic nitrogens is 1. The lowest BCUT2D eigenvalue weighted by Gasteiger charge is -2.20. The Labute approximate surface area is 137 Å². The SMILES string of the molecule is CN=C(NCC1CC1C)NC1CCN(c2ncccc2Cl)C1. The van der Waals surface area contributed by atoms with Gasteiger partial charge in [-0.05, 0) is 36.8 Å². The maximum Gasteiger partial charge on any atom is 0.191 e. The molecular formula is C16H24ClN5. The molecule has 0 spiro atoms. The van der Waals surface area contributed by atoms with Crippen LogP contribution < -0.4 is 15.5 Å². The van der Waals surface area contributed by atoms with Gasteiger partial charge in [0.15, 0.2) is 5.96 Å². The Bertz CT molecular complexity index is 547. The largest absolute Gasteiger partial charge is 0.356 e. The summed E-state index contributed by atoms with van der Waals surface area (Å²) in [6.45, 7) is 5.18. The number of nitrogens with zero attached hydrogens (tertiary/aromatic N) is 3. The van der Waals surface area contributed by atoms with Crippen LogP contribution in [-0.4, -0.2) is 43.7 Å². The molecule has 5 nitrogen and oxygen atoms in total. The summed E-state index contributed by atoms with van der Waals surface area (Å²) in [4.78, 5) is 10.9. The van der Waals surface area contributed by atoms with Gasteiger partial charge in [0.05, 0.1) is 5.02 Å². The number of pyridine rings is 1. The second kappa shape index (κ2) is 6.73. The van der Waals surface area contributed by atoms with Crippen molar-refractivity contribution in [3.05, 3.63) is 23.4 Å². The minimum absolute atomic E-state index is 0.376. The first-order valence-electron chi connectivity index (χ1n) is 8.00. The number of aliphatic imine (C=N–C) groups is 1. The van der Waals surface area contributed by atoms with Crippen molar-refractivity contribution in [3.8, 4) is 0 Å². The number of rotatable bonds is 4.